The van der Waals surface area contributed by atoms with Crippen LogP contribution in [0.3, 0.4) is 0 Å². The van der Waals surface area contributed by atoms with E-state index in [1.54, 1.807) is 18.3 Å². The summed E-state index contributed by atoms with van der Waals surface area (Å²) in [5, 5.41) is 2.32. The van der Waals surface area contributed by atoms with Crippen LogP contribution >= 0.6 is 0 Å². The Bertz CT molecular complexity index is 512. The number of H-pyrrole nitrogens is 1. The van der Waals surface area contributed by atoms with Gasteiger partial charge < -0.3 is 9.72 Å². The van der Waals surface area contributed by atoms with Crippen molar-refractivity contribution in [1.29, 1.82) is 0 Å². The van der Waals surface area contributed by atoms with Gasteiger partial charge in [0, 0.05) is 12.7 Å². The Morgan fingerprint density at radius 3 is 2.95 bits per heavy atom. The predicted molar refractivity (Wildman–Crippen MR) is 74.4 cm³/mol. The van der Waals surface area contributed by atoms with Crippen LogP contribution < -0.4 is 5.32 Å². The van der Waals surface area contributed by atoms with Crippen molar-refractivity contribution in [2.24, 2.45) is 5.92 Å². The maximum atomic E-state index is 11.9. The van der Waals surface area contributed by atoms with E-state index >= 15 is 0 Å². The molecule has 0 spiro atoms. The third-order valence-corrected chi connectivity index (χ3v) is 3.50. The summed E-state index contributed by atoms with van der Waals surface area (Å²) in [5.74, 6) is -1.27. The lowest BCUT2D eigenvalue weighted by molar-refractivity contribution is -0.147. The van der Waals surface area contributed by atoms with Gasteiger partial charge in [0.15, 0.2) is 0 Å². The first-order valence-corrected chi connectivity index (χ1v) is 6.88. The number of likely N-dealkylation sites (tertiary alicyclic amines) is 1. The lowest BCUT2D eigenvalue weighted by atomic mass is 9.98. The highest BCUT2D eigenvalue weighted by molar-refractivity contribution is 6.04. The number of piperidine rings is 1. The smallest absolute Gasteiger partial charge is 0.309 e. The summed E-state index contributed by atoms with van der Waals surface area (Å²) >= 11 is 0. The zero-order valence-corrected chi connectivity index (χ0v) is 11.9. The van der Waals surface area contributed by atoms with Gasteiger partial charge in [-0.1, -0.05) is 0 Å². The van der Waals surface area contributed by atoms with Crippen molar-refractivity contribution < 1.29 is 19.1 Å². The minimum atomic E-state index is -0.452. The highest BCUT2D eigenvalue weighted by Gasteiger charge is 2.27. The molecule has 2 rings (SSSR count). The Labute approximate surface area is 122 Å². The minimum Gasteiger partial charge on any atom is -0.469 e. The largest absolute Gasteiger partial charge is 0.469 e. The number of carbonyl (C=O) groups excluding carboxylic acids is 3. The van der Waals surface area contributed by atoms with E-state index in [0.717, 1.165) is 19.4 Å². The Morgan fingerprint density at radius 1 is 1.48 bits per heavy atom. The first kappa shape index (κ1) is 15.2. The van der Waals surface area contributed by atoms with Crippen molar-refractivity contribution in [1.82, 2.24) is 15.2 Å². The van der Waals surface area contributed by atoms with Gasteiger partial charge in [-0.3, -0.25) is 24.6 Å². The standard InChI is InChI=1S/C14H19N3O4/c1-21-14(20)10-4-3-7-17(8-10)9-12(18)16-13(19)11-5-2-6-15-11/h2,5-6,10,15H,3-4,7-9H2,1H3,(H,16,18,19). The third-order valence-electron chi connectivity index (χ3n) is 3.50. The maximum absolute atomic E-state index is 11.9. The van der Waals surface area contributed by atoms with Gasteiger partial charge in [-0.2, -0.15) is 0 Å². The number of imide groups is 1. The van der Waals surface area contributed by atoms with E-state index in [1.807, 2.05) is 4.90 Å². The van der Waals surface area contributed by atoms with E-state index in [1.165, 1.54) is 7.11 Å². The van der Waals surface area contributed by atoms with E-state index in [-0.39, 0.29) is 24.3 Å². The van der Waals surface area contributed by atoms with Crippen LogP contribution in [0.5, 0.6) is 0 Å². The molecule has 2 amide bonds. The van der Waals surface area contributed by atoms with Gasteiger partial charge in [0.2, 0.25) is 5.91 Å². The van der Waals surface area contributed by atoms with Crippen LogP contribution in [0.15, 0.2) is 18.3 Å². The van der Waals surface area contributed by atoms with Crippen molar-refractivity contribution in [3.8, 4) is 0 Å². The summed E-state index contributed by atoms with van der Waals surface area (Å²) in [4.78, 5) is 39.7. The first-order valence-electron chi connectivity index (χ1n) is 6.88. The van der Waals surface area contributed by atoms with Crippen LogP contribution in [0.25, 0.3) is 0 Å². The molecule has 1 unspecified atom stereocenters. The summed E-state index contributed by atoms with van der Waals surface area (Å²) < 4.78 is 4.73. The fourth-order valence-corrected chi connectivity index (χ4v) is 2.47. The monoisotopic (exact) mass is 293 g/mol. The number of aromatic nitrogens is 1. The molecule has 2 heterocycles. The van der Waals surface area contributed by atoms with Crippen molar-refractivity contribution in [3.63, 3.8) is 0 Å². The molecule has 2 N–H and O–H groups in total. The third kappa shape index (κ3) is 4.16. The van der Waals surface area contributed by atoms with Crippen molar-refractivity contribution in [2.75, 3.05) is 26.7 Å². The molecule has 1 atom stereocenters. The average Bonchev–Trinajstić information content (AvgIpc) is 3.00. The molecule has 0 saturated carbocycles. The Hall–Kier alpha value is -2.15. The van der Waals surface area contributed by atoms with Crippen LogP contribution in [0.4, 0.5) is 0 Å². The normalized spacial score (nSPS) is 19.0. The number of nitrogens with one attached hydrogen (secondary N) is 2. The fraction of sp³-hybridized carbons (Fsp3) is 0.500. The van der Waals surface area contributed by atoms with E-state index in [0.29, 0.717) is 12.2 Å². The first-order chi connectivity index (χ1) is 10.1. The molecule has 7 heteroatoms. The zero-order valence-electron chi connectivity index (χ0n) is 11.9. The van der Waals surface area contributed by atoms with Crippen LogP contribution in [-0.2, 0) is 14.3 Å². The molecule has 7 nitrogen and oxygen atoms in total. The Balaban J connectivity index is 1.82. The SMILES string of the molecule is COC(=O)C1CCCN(CC(=O)NC(=O)c2ccc[nH]2)C1. The van der Waals surface area contributed by atoms with Crippen LogP contribution in [0.2, 0.25) is 0 Å². The van der Waals surface area contributed by atoms with Gasteiger partial charge in [0.1, 0.15) is 5.69 Å². The van der Waals surface area contributed by atoms with Crippen molar-refractivity contribution in [3.05, 3.63) is 24.0 Å². The Kier molecular flexibility index (Phi) is 5.10. The summed E-state index contributed by atoms with van der Waals surface area (Å²) in [6.45, 7) is 1.31. The molecule has 1 fully saturated rings. The van der Waals surface area contributed by atoms with Crippen molar-refractivity contribution in [2.45, 2.75) is 12.8 Å². The molecule has 1 aliphatic rings. The fourth-order valence-electron chi connectivity index (χ4n) is 2.47. The summed E-state index contributed by atoms with van der Waals surface area (Å²) in [6, 6.07) is 3.28. The number of ether oxygens (including phenoxy) is 1. The molecule has 21 heavy (non-hydrogen) atoms. The summed E-state index contributed by atoms with van der Waals surface area (Å²) in [6.07, 6.45) is 3.22. The number of methoxy groups -OCH3 is 1. The van der Waals surface area contributed by atoms with Gasteiger partial charge >= 0.3 is 5.97 Å². The number of rotatable bonds is 4. The van der Waals surface area contributed by atoms with Crippen molar-refractivity contribution >= 4 is 17.8 Å². The van der Waals surface area contributed by atoms with Gasteiger partial charge in [-0.25, -0.2) is 0 Å². The zero-order chi connectivity index (χ0) is 15.2. The molecule has 1 aromatic rings. The lowest BCUT2D eigenvalue weighted by Crippen LogP contribution is -2.45. The Morgan fingerprint density at radius 2 is 2.29 bits per heavy atom. The lowest BCUT2D eigenvalue weighted by Gasteiger charge is -2.30. The molecule has 0 aromatic carbocycles. The molecule has 1 aliphatic heterocycles. The topological polar surface area (TPSA) is 91.5 Å². The van der Waals surface area contributed by atoms with Crippen LogP contribution in [0, 0.1) is 5.92 Å². The predicted octanol–water partition coefficient (Wildman–Crippen LogP) is 0.156. The minimum absolute atomic E-state index is 0.0972. The van der Waals surface area contributed by atoms with E-state index in [9.17, 15) is 14.4 Å². The molecule has 0 aliphatic carbocycles. The quantitative estimate of drug-likeness (QED) is 0.771. The number of hydrogen-bond donors (Lipinski definition) is 2. The van der Waals surface area contributed by atoms with Gasteiger partial charge in [0.05, 0.1) is 19.6 Å². The summed E-state index contributed by atoms with van der Waals surface area (Å²) in [5.41, 5.74) is 0.342. The molecule has 0 radical (unpaired) electrons. The number of aromatic amines is 1. The van der Waals surface area contributed by atoms with E-state index in [4.69, 9.17) is 4.74 Å². The second-order valence-electron chi connectivity index (χ2n) is 5.06. The van der Waals surface area contributed by atoms with E-state index in [2.05, 4.69) is 10.3 Å². The molecule has 0 bridgehead atoms. The number of nitrogens with zero attached hydrogens (tertiary/aromatic N) is 1. The molecule has 114 valence electrons. The number of amides is 2. The average molecular weight is 293 g/mol. The maximum Gasteiger partial charge on any atom is 0.309 e. The van der Waals surface area contributed by atoms with Crippen LogP contribution in [0.1, 0.15) is 23.3 Å². The van der Waals surface area contributed by atoms with Gasteiger partial charge in [-0.05, 0) is 31.5 Å². The molecule has 1 saturated heterocycles. The molecular formula is C14H19N3O4. The number of esters is 1. The van der Waals surface area contributed by atoms with E-state index < -0.39 is 5.91 Å². The molecule has 1 aromatic heterocycles. The van der Waals surface area contributed by atoms with Gasteiger partial charge in [0.25, 0.3) is 5.91 Å². The highest BCUT2D eigenvalue weighted by Crippen LogP contribution is 2.17. The highest BCUT2D eigenvalue weighted by atomic mass is 16.5. The van der Waals surface area contributed by atoms with Gasteiger partial charge in [-0.15, -0.1) is 0 Å². The molecular weight excluding hydrogens is 274 g/mol. The second-order valence-corrected chi connectivity index (χ2v) is 5.06. The summed E-state index contributed by atoms with van der Waals surface area (Å²) in [7, 11) is 1.36. The number of hydrogen-bond acceptors (Lipinski definition) is 5. The number of carbonyl (C=O) groups is 3. The second kappa shape index (κ2) is 7.03. The van der Waals surface area contributed by atoms with Crippen LogP contribution in [-0.4, -0.2) is 54.4 Å².